The van der Waals surface area contributed by atoms with Crippen molar-refractivity contribution >= 4 is 34.5 Å². The molecular formula is C27H29F3N6O2S. The third-order valence-corrected chi connectivity index (χ3v) is 6.95. The monoisotopic (exact) mass is 558 g/mol. The molecule has 206 valence electrons. The van der Waals surface area contributed by atoms with Crippen LogP contribution in [0.4, 0.5) is 24.5 Å². The van der Waals surface area contributed by atoms with Crippen molar-refractivity contribution in [3.8, 4) is 0 Å². The van der Waals surface area contributed by atoms with Gasteiger partial charge in [-0.15, -0.1) is 11.3 Å². The molecule has 0 spiro atoms. The van der Waals surface area contributed by atoms with Crippen LogP contribution >= 0.6 is 11.3 Å². The third kappa shape index (κ3) is 6.82. The molecule has 1 aliphatic rings. The fourth-order valence-corrected chi connectivity index (χ4v) is 4.82. The molecule has 0 bridgehead atoms. The first-order chi connectivity index (χ1) is 18.6. The second kappa shape index (κ2) is 12.0. The number of carbonyl (C=O) groups is 1. The van der Waals surface area contributed by atoms with Crippen molar-refractivity contribution in [3.05, 3.63) is 81.7 Å². The molecule has 0 radical (unpaired) electrons. The number of hydroxylamine groups is 2. The average Bonchev–Trinajstić information content (AvgIpc) is 3.41. The van der Waals surface area contributed by atoms with Crippen LogP contribution in [0, 0.1) is 5.92 Å². The van der Waals surface area contributed by atoms with Crippen LogP contribution in [0.15, 0.2) is 65.0 Å². The van der Waals surface area contributed by atoms with Crippen LogP contribution in [0.25, 0.3) is 0 Å². The molecule has 1 aromatic carbocycles. The molecule has 4 rings (SSSR count). The van der Waals surface area contributed by atoms with Gasteiger partial charge < -0.3 is 10.2 Å². The van der Waals surface area contributed by atoms with Gasteiger partial charge >= 0.3 is 6.18 Å². The summed E-state index contributed by atoms with van der Waals surface area (Å²) in [6, 6.07) is 7.89. The van der Waals surface area contributed by atoms with E-state index < -0.39 is 11.9 Å². The highest BCUT2D eigenvalue weighted by atomic mass is 32.1. The first-order valence-corrected chi connectivity index (χ1v) is 13.2. The molecule has 0 saturated heterocycles. The lowest BCUT2D eigenvalue weighted by Gasteiger charge is -2.31. The summed E-state index contributed by atoms with van der Waals surface area (Å²) in [5, 5.41) is 14.9. The van der Waals surface area contributed by atoms with Crippen molar-refractivity contribution in [2.75, 3.05) is 11.9 Å². The molecule has 1 amide bonds. The molecule has 0 atom stereocenters. The summed E-state index contributed by atoms with van der Waals surface area (Å²) in [7, 11) is 0. The summed E-state index contributed by atoms with van der Waals surface area (Å²) in [5.74, 6) is -0.0160. The van der Waals surface area contributed by atoms with Crippen LogP contribution in [-0.2, 0) is 30.5 Å². The second-order valence-electron chi connectivity index (χ2n) is 9.30. The molecule has 1 aliphatic heterocycles. The number of pyridine rings is 1. The molecule has 3 aromatic rings. The Hall–Kier alpha value is -3.77. The minimum atomic E-state index is -4.50. The number of rotatable bonds is 7. The van der Waals surface area contributed by atoms with Crippen molar-refractivity contribution in [2.24, 2.45) is 10.9 Å². The van der Waals surface area contributed by atoms with Crippen molar-refractivity contribution in [3.63, 3.8) is 0 Å². The van der Waals surface area contributed by atoms with Gasteiger partial charge in [0.2, 0.25) is 0 Å². The Morgan fingerprint density at radius 2 is 2.08 bits per heavy atom. The lowest BCUT2D eigenvalue weighted by molar-refractivity contribution is -0.141. The van der Waals surface area contributed by atoms with E-state index in [2.05, 4.69) is 20.3 Å². The predicted molar refractivity (Wildman–Crippen MR) is 144 cm³/mol. The van der Waals surface area contributed by atoms with Crippen LogP contribution in [0.3, 0.4) is 0 Å². The maximum Gasteiger partial charge on any atom is 0.433 e. The lowest BCUT2D eigenvalue weighted by Crippen LogP contribution is -2.38. The van der Waals surface area contributed by atoms with E-state index in [9.17, 15) is 23.2 Å². The molecule has 12 heteroatoms. The highest BCUT2D eigenvalue weighted by Crippen LogP contribution is 2.31. The first kappa shape index (κ1) is 28.2. The summed E-state index contributed by atoms with van der Waals surface area (Å²) in [5.41, 5.74) is 4.08. The van der Waals surface area contributed by atoms with Crippen molar-refractivity contribution in [1.82, 2.24) is 19.9 Å². The number of alkyl halides is 3. The topological polar surface area (TPSA) is 93.9 Å². The van der Waals surface area contributed by atoms with E-state index in [0.717, 1.165) is 39.0 Å². The van der Waals surface area contributed by atoms with Crippen molar-refractivity contribution in [2.45, 2.75) is 46.5 Å². The molecule has 0 unspecified atom stereocenters. The molecule has 0 saturated carbocycles. The van der Waals surface area contributed by atoms with Gasteiger partial charge in [0, 0.05) is 35.8 Å². The number of amides is 1. The Morgan fingerprint density at radius 1 is 1.28 bits per heavy atom. The summed E-state index contributed by atoms with van der Waals surface area (Å²) >= 11 is 1.42. The number of hydrogen-bond donors (Lipinski definition) is 2. The van der Waals surface area contributed by atoms with Crippen LogP contribution in [0.5, 0.6) is 0 Å². The van der Waals surface area contributed by atoms with Gasteiger partial charge in [-0.2, -0.15) is 13.2 Å². The third-order valence-electron chi connectivity index (χ3n) is 6.18. The Kier molecular flexibility index (Phi) is 8.66. The van der Waals surface area contributed by atoms with E-state index in [1.807, 2.05) is 32.0 Å². The fourth-order valence-electron chi connectivity index (χ4n) is 4.25. The predicted octanol–water partition coefficient (Wildman–Crippen LogP) is 6.03. The van der Waals surface area contributed by atoms with E-state index in [1.165, 1.54) is 17.4 Å². The molecular weight excluding hydrogens is 529 g/mol. The fraction of sp³-hybridized carbons (Fsp3) is 0.333. The van der Waals surface area contributed by atoms with Gasteiger partial charge in [0.25, 0.3) is 5.91 Å². The summed E-state index contributed by atoms with van der Waals surface area (Å²) < 4.78 is 38.5. The zero-order chi connectivity index (χ0) is 28.2. The maximum absolute atomic E-state index is 13.5. The Bertz CT molecular complexity index is 1350. The van der Waals surface area contributed by atoms with Gasteiger partial charge in [-0.05, 0) is 42.7 Å². The molecule has 8 nitrogen and oxygen atoms in total. The zero-order valence-electron chi connectivity index (χ0n) is 21.7. The van der Waals surface area contributed by atoms with Crippen molar-refractivity contribution < 1.29 is 23.2 Å². The lowest BCUT2D eigenvalue weighted by atomic mass is 9.97. The molecule has 2 N–H and O–H groups in total. The van der Waals surface area contributed by atoms with Crippen LogP contribution < -0.4 is 5.32 Å². The number of fused-ring (bicyclic) bond motifs is 1. The number of halogens is 3. The number of amidine groups is 1. The molecule has 0 aliphatic carbocycles. The van der Waals surface area contributed by atoms with Gasteiger partial charge in [0.1, 0.15) is 17.2 Å². The standard InChI is InChI=1S/C27H29F3N6O2S/c1-4-22(34-25(17(2)3)36(38)15-20-13-31-16-39-20)26(37)35-11-10-21-18(14-35)6-5-7-23(21)33-19-8-9-24(32-12-19)27(28,29)30/h4-9,12-13,16-17,33,38H,10-11,14-15H2,1-3H3/b22-4-,34-25?. The number of hydrogen-bond acceptors (Lipinski definition) is 7. The van der Waals surface area contributed by atoms with E-state index >= 15 is 0 Å². The zero-order valence-corrected chi connectivity index (χ0v) is 22.6. The second-order valence-corrected chi connectivity index (χ2v) is 10.3. The van der Waals surface area contributed by atoms with E-state index in [1.54, 1.807) is 29.6 Å². The van der Waals surface area contributed by atoms with Gasteiger partial charge in [-0.3, -0.25) is 15.0 Å². The highest BCUT2D eigenvalue weighted by molar-refractivity contribution is 7.09. The quantitative estimate of drug-likeness (QED) is 0.159. The SMILES string of the molecule is C/C=C(\N=C(C(C)C)N(O)Cc1cncs1)C(=O)N1CCc2c(cccc2Nc2ccc(C(F)(F)F)nc2)C1. The van der Waals surface area contributed by atoms with Crippen LogP contribution in [0.1, 0.15) is 42.5 Å². The van der Waals surface area contributed by atoms with E-state index in [0.29, 0.717) is 31.0 Å². The largest absolute Gasteiger partial charge is 0.433 e. The Balaban J connectivity index is 1.49. The van der Waals surface area contributed by atoms with E-state index in [4.69, 9.17) is 0 Å². The highest BCUT2D eigenvalue weighted by Gasteiger charge is 2.32. The number of nitrogens with zero attached hydrogens (tertiary/aromatic N) is 5. The Labute approximate surface area is 228 Å². The maximum atomic E-state index is 13.5. The van der Waals surface area contributed by atoms with Crippen LogP contribution in [0.2, 0.25) is 0 Å². The minimum absolute atomic E-state index is 0.138. The number of nitrogens with one attached hydrogen (secondary N) is 1. The van der Waals surface area contributed by atoms with Gasteiger partial charge in [-0.25, -0.2) is 15.0 Å². The van der Waals surface area contributed by atoms with E-state index in [-0.39, 0.29) is 24.1 Å². The van der Waals surface area contributed by atoms with Gasteiger partial charge in [-0.1, -0.05) is 32.1 Å². The molecule has 39 heavy (non-hydrogen) atoms. The molecule has 2 aromatic heterocycles. The number of aromatic nitrogens is 2. The summed E-state index contributed by atoms with van der Waals surface area (Å²) in [4.78, 5) is 28.1. The summed E-state index contributed by atoms with van der Waals surface area (Å²) in [6.07, 6.45) is 0.520. The molecule has 3 heterocycles. The Morgan fingerprint density at radius 3 is 2.69 bits per heavy atom. The summed E-state index contributed by atoms with van der Waals surface area (Å²) in [6.45, 7) is 6.52. The number of benzene rings is 1. The number of carbonyl (C=O) groups excluding carboxylic acids is 1. The number of anilines is 2. The number of thiazole rings is 1. The van der Waals surface area contributed by atoms with Gasteiger partial charge in [0.15, 0.2) is 0 Å². The first-order valence-electron chi connectivity index (χ1n) is 12.4. The minimum Gasteiger partial charge on any atom is -0.354 e. The smallest absolute Gasteiger partial charge is 0.354 e. The van der Waals surface area contributed by atoms with Crippen molar-refractivity contribution in [1.29, 1.82) is 0 Å². The van der Waals surface area contributed by atoms with Gasteiger partial charge in [0.05, 0.1) is 23.9 Å². The average molecular weight is 559 g/mol. The molecule has 0 fully saturated rings. The van der Waals surface area contributed by atoms with Crippen LogP contribution in [-0.4, -0.2) is 43.4 Å². The number of allylic oxidation sites excluding steroid dienone is 1. The normalized spacial score (nSPS) is 14.4. The number of aliphatic imine (C=N–C) groups is 1.